The fourth-order valence-electron chi connectivity index (χ4n) is 2.45. The average Bonchev–Trinajstić information content (AvgIpc) is 2.74. The van der Waals surface area contributed by atoms with E-state index in [-0.39, 0.29) is 11.8 Å². The molecule has 1 aliphatic heterocycles. The highest BCUT2D eigenvalue weighted by Gasteiger charge is 2.37. The highest BCUT2D eigenvalue weighted by Crippen LogP contribution is 2.31. The number of aryl methyl sites for hydroxylation is 1. The standard InChI is InChI=1S/C17H12BrNO2/c1-11-5-4-6-12(9-11)15(10-18)19-16(20)13-7-2-3-8-14(13)17(19)21/h2-10H,1H3/b15-10-. The Kier molecular flexibility index (Phi) is 3.47. The van der Waals surface area contributed by atoms with Gasteiger partial charge in [-0.25, -0.2) is 4.90 Å². The van der Waals surface area contributed by atoms with Crippen LogP contribution in [0.5, 0.6) is 0 Å². The van der Waals surface area contributed by atoms with E-state index in [4.69, 9.17) is 0 Å². The average molecular weight is 342 g/mol. The first-order valence-electron chi connectivity index (χ1n) is 6.48. The molecule has 0 radical (unpaired) electrons. The predicted octanol–water partition coefficient (Wildman–Crippen LogP) is 3.98. The van der Waals surface area contributed by atoms with Crippen molar-refractivity contribution in [3.05, 3.63) is 75.8 Å². The fourth-order valence-corrected chi connectivity index (χ4v) is 2.92. The van der Waals surface area contributed by atoms with Gasteiger partial charge in [-0.15, -0.1) is 0 Å². The summed E-state index contributed by atoms with van der Waals surface area (Å²) in [7, 11) is 0. The van der Waals surface area contributed by atoms with E-state index in [9.17, 15) is 9.59 Å². The van der Waals surface area contributed by atoms with Crippen LogP contribution in [0.25, 0.3) is 5.70 Å². The molecular formula is C17H12BrNO2. The van der Waals surface area contributed by atoms with Crippen LogP contribution in [-0.4, -0.2) is 16.7 Å². The van der Waals surface area contributed by atoms with Gasteiger partial charge in [0.25, 0.3) is 11.8 Å². The molecule has 2 aromatic rings. The first kappa shape index (κ1) is 13.8. The zero-order chi connectivity index (χ0) is 15.0. The Labute approximate surface area is 131 Å². The third kappa shape index (κ3) is 2.21. The molecule has 1 aliphatic rings. The smallest absolute Gasteiger partial charge is 0.266 e. The van der Waals surface area contributed by atoms with Crippen LogP contribution in [0.4, 0.5) is 0 Å². The fraction of sp³-hybridized carbons (Fsp3) is 0.0588. The largest absolute Gasteiger partial charge is 0.268 e. The molecule has 3 nitrogen and oxygen atoms in total. The second kappa shape index (κ2) is 5.30. The summed E-state index contributed by atoms with van der Waals surface area (Å²) >= 11 is 3.28. The predicted molar refractivity (Wildman–Crippen MR) is 85.0 cm³/mol. The van der Waals surface area contributed by atoms with Crippen LogP contribution in [0.3, 0.4) is 0 Å². The molecule has 0 atom stereocenters. The van der Waals surface area contributed by atoms with Crippen molar-refractivity contribution in [1.82, 2.24) is 4.90 Å². The van der Waals surface area contributed by atoms with E-state index in [0.717, 1.165) is 11.1 Å². The van der Waals surface area contributed by atoms with Gasteiger partial charge in [0.05, 0.1) is 16.8 Å². The Morgan fingerprint density at radius 3 is 2.14 bits per heavy atom. The normalized spacial score (nSPS) is 14.6. The molecule has 2 aromatic carbocycles. The van der Waals surface area contributed by atoms with Crippen LogP contribution in [0.1, 0.15) is 31.8 Å². The van der Waals surface area contributed by atoms with Gasteiger partial charge in [-0.1, -0.05) is 51.8 Å². The molecule has 1 heterocycles. The van der Waals surface area contributed by atoms with Crippen LogP contribution in [-0.2, 0) is 0 Å². The monoisotopic (exact) mass is 341 g/mol. The summed E-state index contributed by atoms with van der Waals surface area (Å²) in [6.45, 7) is 1.97. The van der Waals surface area contributed by atoms with Crippen LogP contribution >= 0.6 is 15.9 Å². The second-order valence-corrected chi connectivity index (χ2v) is 5.31. The summed E-state index contributed by atoms with van der Waals surface area (Å²) in [6.07, 6.45) is 0. The molecule has 0 spiro atoms. The summed E-state index contributed by atoms with van der Waals surface area (Å²) in [4.78, 5) is 27.8. The molecule has 0 bridgehead atoms. The van der Waals surface area contributed by atoms with E-state index < -0.39 is 0 Å². The number of benzene rings is 2. The number of imide groups is 1. The van der Waals surface area contributed by atoms with Crippen LogP contribution in [0.15, 0.2) is 53.5 Å². The third-order valence-corrected chi connectivity index (χ3v) is 3.89. The maximum Gasteiger partial charge on any atom is 0.266 e. The maximum absolute atomic E-state index is 12.5. The summed E-state index contributed by atoms with van der Waals surface area (Å²) in [5.74, 6) is -0.578. The molecule has 0 unspecified atom stereocenters. The van der Waals surface area contributed by atoms with Gasteiger partial charge >= 0.3 is 0 Å². The topological polar surface area (TPSA) is 37.4 Å². The van der Waals surface area contributed by atoms with E-state index in [1.807, 2.05) is 31.2 Å². The molecule has 3 rings (SSSR count). The summed E-state index contributed by atoms with van der Waals surface area (Å²) in [5, 5.41) is 0. The molecule has 0 saturated carbocycles. The summed E-state index contributed by atoms with van der Waals surface area (Å²) < 4.78 is 0. The van der Waals surface area contributed by atoms with Crippen molar-refractivity contribution in [1.29, 1.82) is 0 Å². The van der Waals surface area contributed by atoms with Gasteiger partial charge in [0.2, 0.25) is 0 Å². The van der Waals surface area contributed by atoms with Crippen molar-refractivity contribution in [2.24, 2.45) is 0 Å². The Morgan fingerprint density at radius 1 is 1.00 bits per heavy atom. The number of hydrogen-bond donors (Lipinski definition) is 0. The molecule has 0 N–H and O–H groups in total. The summed E-state index contributed by atoms with van der Waals surface area (Å²) in [5.41, 5.74) is 3.33. The molecule has 0 fully saturated rings. The van der Waals surface area contributed by atoms with E-state index in [2.05, 4.69) is 15.9 Å². The lowest BCUT2D eigenvalue weighted by Crippen LogP contribution is -2.28. The molecule has 104 valence electrons. The van der Waals surface area contributed by atoms with E-state index in [0.29, 0.717) is 16.8 Å². The Morgan fingerprint density at radius 2 is 1.62 bits per heavy atom. The Hall–Kier alpha value is -2.20. The highest BCUT2D eigenvalue weighted by molar-refractivity contribution is 9.11. The third-order valence-electron chi connectivity index (χ3n) is 3.45. The molecule has 21 heavy (non-hydrogen) atoms. The Balaban J connectivity index is 2.09. The molecular weight excluding hydrogens is 330 g/mol. The van der Waals surface area contributed by atoms with Crippen molar-refractivity contribution in [3.63, 3.8) is 0 Å². The van der Waals surface area contributed by atoms with E-state index in [1.54, 1.807) is 29.3 Å². The molecule has 0 aromatic heterocycles. The zero-order valence-electron chi connectivity index (χ0n) is 11.3. The SMILES string of the molecule is Cc1cccc(/C(=C/Br)N2C(=O)c3ccccc3C2=O)c1. The number of rotatable bonds is 2. The Bertz CT molecular complexity index is 745. The van der Waals surface area contributed by atoms with Gasteiger partial charge in [-0.3, -0.25) is 9.59 Å². The minimum atomic E-state index is -0.289. The van der Waals surface area contributed by atoms with Crippen molar-refractivity contribution < 1.29 is 9.59 Å². The van der Waals surface area contributed by atoms with Gasteiger partial charge in [0, 0.05) is 4.99 Å². The number of carbonyl (C=O) groups excluding carboxylic acids is 2. The lowest BCUT2D eigenvalue weighted by atomic mass is 10.1. The van der Waals surface area contributed by atoms with Gasteiger partial charge < -0.3 is 0 Å². The molecule has 0 aliphatic carbocycles. The van der Waals surface area contributed by atoms with Crippen molar-refractivity contribution in [3.8, 4) is 0 Å². The first-order valence-corrected chi connectivity index (χ1v) is 7.40. The number of halogens is 1. The van der Waals surface area contributed by atoms with Crippen molar-refractivity contribution in [2.45, 2.75) is 6.92 Å². The van der Waals surface area contributed by atoms with Crippen LogP contribution in [0, 0.1) is 6.92 Å². The number of nitrogens with zero attached hydrogens (tertiary/aromatic N) is 1. The number of hydrogen-bond acceptors (Lipinski definition) is 2. The van der Waals surface area contributed by atoms with Crippen LogP contribution < -0.4 is 0 Å². The van der Waals surface area contributed by atoms with Crippen molar-refractivity contribution >= 4 is 33.4 Å². The lowest BCUT2D eigenvalue weighted by Gasteiger charge is -2.18. The number of carbonyl (C=O) groups is 2. The van der Waals surface area contributed by atoms with E-state index >= 15 is 0 Å². The zero-order valence-corrected chi connectivity index (χ0v) is 12.9. The van der Waals surface area contributed by atoms with Crippen molar-refractivity contribution in [2.75, 3.05) is 0 Å². The summed E-state index contributed by atoms with van der Waals surface area (Å²) in [6, 6.07) is 14.6. The van der Waals surface area contributed by atoms with Gasteiger partial charge in [0.15, 0.2) is 0 Å². The minimum absolute atomic E-state index is 0.289. The van der Waals surface area contributed by atoms with Gasteiger partial charge in [-0.2, -0.15) is 0 Å². The first-order chi connectivity index (χ1) is 10.1. The molecule has 2 amide bonds. The molecule has 0 saturated heterocycles. The molecule has 4 heteroatoms. The minimum Gasteiger partial charge on any atom is -0.268 e. The quantitative estimate of drug-likeness (QED) is 0.774. The highest BCUT2D eigenvalue weighted by atomic mass is 79.9. The van der Waals surface area contributed by atoms with E-state index in [1.165, 1.54) is 4.90 Å². The second-order valence-electron chi connectivity index (χ2n) is 4.86. The van der Waals surface area contributed by atoms with Gasteiger partial charge in [-0.05, 0) is 30.7 Å². The maximum atomic E-state index is 12.5. The van der Waals surface area contributed by atoms with Crippen LogP contribution in [0.2, 0.25) is 0 Å². The van der Waals surface area contributed by atoms with Gasteiger partial charge in [0.1, 0.15) is 0 Å². The number of fused-ring (bicyclic) bond motifs is 1. The lowest BCUT2D eigenvalue weighted by molar-refractivity contribution is 0.0736. The number of amides is 2.